The third-order valence-corrected chi connectivity index (χ3v) is 0.573. The fourth-order valence-electron chi connectivity index (χ4n) is 0.343. The molecule has 0 aromatic carbocycles. The topological polar surface area (TPSA) is 26.3 Å². The van der Waals surface area contributed by atoms with Crippen molar-refractivity contribution < 1.29 is 9.53 Å². The van der Waals surface area contributed by atoms with Crippen LogP contribution in [0.1, 0.15) is 20.8 Å². The minimum atomic E-state index is -0.398. The third-order valence-electron chi connectivity index (χ3n) is 0.573. The molecule has 0 aromatic rings. The molecular weight excluding hydrogens is 323 g/mol. The summed E-state index contributed by atoms with van der Waals surface area (Å²) in [7, 11) is 0. The number of rotatable bonds is 1. The van der Waals surface area contributed by atoms with Gasteiger partial charge in [0, 0.05) is 33.4 Å². The van der Waals surface area contributed by atoms with Crippen LogP contribution in [-0.4, -0.2) is 38.9 Å². The Morgan fingerprint density at radius 2 is 1.90 bits per heavy atom. The van der Waals surface area contributed by atoms with E-state index in [1.807, 2.05) is 20.8 Å². The SMILES string of the molecule is C=CC(=O)OC(C)(C)C.[Pb]. The third kappa shape index (κ3) is 8.13. The molecule has 0 amide bonds. The van der Waals surface area contributed by atoms with Crippen LogP contribution < -0.4 is 0 Å². The van der Waals surface area contributed by atoms with Crippen LogP contribution in [0.15, 0.2) is 12.7 Å². The van der Waals surface area contributed by atoms with Gasteiger partial charge < -0.3 is 4.74 Å². The molecule has 0 aliphatic rings. The number of carbonyl (C=O) groups excluding carboxylic acids is 1. The van der Waals surface area contributed by atoms with E-state index in [4.69, 9.17) is 4.74 Å². The Bertz CT molecular complexity index is 124. The number of hydrogen-bond acceptors (Lipinski definition) is 2. The van der Waals surface area contributed by atoms with Crippen molar-refractivity contribution in [3.63, 3.8) is 0 Å². The van der Waals surface area contributed by atoms with Gasteiger partial charge in [0.05, 0.1) is 0 Å². The van der Waals surface area contributed by atoms with E-state index >= 15 is 0 Å². The molecule has 4 radical (unpaired) electrons. The van der Waals surface area contributed by atoms with Gasteiger partial charge in [-0.05, 0) is 20.8 Å². The van der Waals surface area contributed by atoms with E-state index in [-0.39, 0.29) is 33.3 Å². The first-order valence-corrected chi connectivity index (χ1v) is 2.81. The van der Waals surface area contributed by atoms with E-state index in [1.54, 1.807) is 0 Å². The summed E-state index contributed by atoms with van der Waals surface area (Å²) < 4.78 is 4.83. The van der Waals surface area contributed by atoms with Gasteiger partial charge in [-0.3, -0.25) is 0 Å². The number of ether oxygens (including phenoxy) is 1. The van der Waals surface area contributed by atoms with E-state index in [0.717, 1.165) is 6.08 Å². The van der Waals surface area contributed by atoms with Crippen molar-refractivity contribution in [3.05, 3.63) is 12.7 Å². The van der Waals surface area contributed by atoms with Gasteiger partial charge in [-0.25, -0.2) is 4.79 Å². The molecule has 0 heterocycles. The van der Waals surface area contributed by atoms with Crippen molar-refractivity contribution in [1.29, 1.82) is 0 Å². The Hall–Kier alpha value is 0.132. The zero-order chi connectivity index (χ0) is 7.49. The monoisotopic (exact) mass is 336 g/mol. The van der Waals surface area contributed by atoms with Gasteiger partial charge in [-0.1, -0.05) is 6.58 Å². The van der Waals surface area contributed by atoms with Crippen LogP contribution in [0.25, 0.3) is 0 Å². The van der Waals surface area contributed by atoms with Gasteiger partial charge in [0.15, 0.2) is 0 Å². The van der Waals surface area contributed by atoms with E-state index in [9.17, 15) is 4.79 Å². The summed E-state index contributed by atoms with van der Waals surface area (Å²) in [5.74, 6) is -0.373. The summed E-state index contributed by atoms with van der Waals surface area (Å²) in [6, 6.07) is 0. The first-order valence-electron chi connectivity index (χ1n) is 2.81. The number of hydrogen-bond donors (Lipinski definition) is 0. The molecule has 0 saturated heterocycles. The Morgan fingerprint density at radius 1 is 1.50 bits per heavy atom. The van der Waals surface area contributed by atoms with Crippen LogP contribution in [0.5, 0.6) is 0 Å². The zero-order valence-corrected chi connectivity index (χ0v) is 10.5. The van der Waals surface area contributed by atoms with Gasteiger partial charge in [0.2, 0.25) is 0 Å². The van der Waals surface area contributed by atoms with Crippen LogP contribution in [0.3, 0.4) is 0 Å². The van der Waals surface area contributed by atoms with Gasteiger partial charge in [-0.2, -0.15) is 0 Å². The molecule has 0 aromatic heterocycles. The van der Waals surface area contributed by atoms with Crippen LogP contribution in [-0.2, 0) is 9.53 Å². The van der Waals surface area contributed by atoms with Crippen molar-refractivity contribution in [3.8, 4) is 0 Å². The second kappa shape index (κ2) is 4.87. The van der Waals surface area contributed by atoms with Gasteiger partial charge >= 0.3 is 5.97 Å². The van der Waals surface area contributed by atoms with Crippen LogP contribution in [0.4, 0.5) is 0 Å². The minimum Gasteiger partial charge on any atom is -0.457 e. The van der Waals surface area contributed by atoms with E-state index in [1.165, 1.54) is 0 Å². The van der Waals surface area contributed by atoms with E-state index in [2.05, 4.69) is 6.58 Å². The summed E-state index contributed by atoms with van der Waals surface area (Å²) in [6.07, 6.45) is 1.16. The summed E-state index contributed by atoms with van der Waals surface area (Å²) in [5, 5.41) is 0. The van der Waals surface area contributed by atoms with Crippen molar-refractivity contribution in [1.82, 2.24) is 0 Å². The normalized spacial score (nSPS) is 9.50. The Kier molecular flexibility index (Phi) is 6.23. The molecule has 0 aliphatic carbocycles. The molecule has 3 heteroatoms. The first-order chi connectivity index (χ1) is 3.95. The molecule has 0 bridgehead atoms. The molecule has 0 saturated carbocycles. The van der Waals surface area contributed by atoms with Crippen molar-refractivity contribution in [2.45, 2.75) is 26.4 Å². The predicted molar refractivity (Wildman–Crippen MR) is 41.8 cm³/mol. The van der Waals surface area contributed by atoms with Gasteiger partial charge in [0.1, 0.15) is 5.60 Å². The Labute approximate surface area is 81.8 Å². The zero-order valence-electron chi connectivity index (χ0n) is 6.60. The molecule has 0 rings (SSSR count). The summed E-state index contributed by atoms with van der Waals surface area (Å²) in [4.78, 5) is 10.5. The second-order valence-corrected chi connectivity index (χ2v) is 2.74. The maximum atomic E-state index is 10.5. The molecule has 0 N–H and O–H groups in total. The van der Waals surface area contributed by atoms with E-state index < -0.39 is 5.60 Å². The summed E-state index contributed by atoms with van der Waals surface area (Å²) in [5.41, 5.74) is -0.398. The van der Waals surface area contributed by atoms with Gasteiger partial charge in [0.25, 0.3) is 0 Å². The van der Waals surface area contributed by atoms with Crippen molar-refractivity contribution in [2.24, 2.45) is 0 Å². The largest absolute Gasteiger partial charge is 0.457 e. The molecule has 0 spiro atoms. The minimum absolute atomic E-state index is 0. The summed E-state index contributed by atoms with van der Waals surface area (Å²) >= 11 is 0. The average molecular weight is 335 g/mol. The Morgan fingerprint density at radius 3 is 2.00 bits per heavy atom. The molecule has 10 heavy (non-hydrogen) atoms. The van der Waals surface area contributed by atoms with Crippen molar-refractivity contribution >= 4 is 33.3 Å². The molecule has 56 valence electrons. The second-order valence-electron chi connectivity index (χ2n) is 2.74. The fourth-order valence-corrected chi connectivity index (χ4v) is 0.343. The van der Waals surface area contributed by atoms with Gasteiger partial charge in [-0.15, -0.1) is 0 Å². The number of esters is 1. The smallest absolute Gasteiger partial charge is 0.330 e. The average Bonchev–Trinajstić information content (AvgIpc) is 1.62. The molecular formula is C7H12O2Pb. The summed E-state index contributed by atoms with van der Waals surface area (Å²) in [6.45, 7) is 8.71. The molecule has 2 nitrogen and oxygen atoms in total. The maximum absolute atomic E-state index is 10.5. The van der Waals surface area contributed by atoms with Crippen molar-refractivity contribution in [2.75, 3.05) is 0 Å². The van der Waals surface area contributed by atoms with E-state index in [0.29, 0.717) is 0 Å². The molecule has 0 unspecified atom stereocenters. The first kappa shape index (κ1) is 12.8. The quantitative estimate of drug-likeness (QED) is 0.408. The molecule has 0 atom stereocenters. The maximum Gasteiger partial charge on any atom is 0.330 e. The molecule has 0 fully saturated rings. The predicted octanol–water partition coefficient (Wildman–Crippen LogP) is 1.13. The standard InChI is InChI=1S/C7H12O2.Pb/c1-5-6(8)9-7(2,3)4;/h5H,1H2,2-4H3;. The molecule has 0 aliphatic heterocycles. The van der Waals surface area contributed by atoms with Crippen LogP contribution in [0.2, 0.25) is 0 Å². The fraction of sp³-hybridized carbons (Fsp3) is 0.571. The van der Waals surface area contributed by atoms with Crippen LogP contribution in [0, 0.1) is 0 Å². The Balaban J connectivity index is 0. The van der Waals surface area contributed by atoms with Crippen LogP contribution >= 0.6 is 0 Å². The number of carbonyl (C=O) groups is 1.